The second kappa shape index (κ2) is 9.47. The van der Waals surface area contributed by atoms with Crippen LogP contribution < -0.4 is 5.32 Å². The SMILES string of the molecule is Cn1ccc(C(=O)Nc2ccccc2C(=O)N2CCC[C@H](Cc3cccc4ncccc34)C2)n1. The van der Waals surface area contributed by atoms with E-state index in [4.69, 9.17) is 0 Å². The number of pyridine rings is 1. The van der Waals surface area contributed by atoms with E-state index < -0.39 is 0 Å². The van der Waals surface area contributed by atoms with Crippen LogP contribution in [-0.2, 0) is 13.5 Å². The van der Waals surface area contributed by atoms with Gasteiger partial charge in [-0.3, -0.25) is 19.3 Å². The summed E-state index contributed by atoms with van der Waals surface area (Å²) in [6.07, 6.45) is 6.48. The fourth-order valence-corrected chi connectivity index (χ4v) is 4.74. The molecule has 1 aliphatic rings. The number of aryl methyl sites for hydroxylation is 1. The smallest absolute Gasteiger partial charge is 0.276 e. The topological polar surface area (TPSA) is 80.1 Å². The Balaban J connectivity index is 1.31. The quantitative estimate of drug-likeness (QED) is 0.488. The molecule has 4 aromatic rings. The van der Waals surface area contributed by atoms with Crippen molar-refractivity contribution in [3.8, 4) is 0 Å². The van der Waals surface area contributed by atoms with Crippen LogP contribution in [0.2, 0.25) is 0 Å². The first-order chi connectivity index (χ1) is 16.6. The Morgan fingerprint density at radius 2 is 1.94 bits per heavy atom. The summed E-state index contributed by atoms with van der Waals surface area (Å²) in [5.41, 5.74) is 3.59. The van der Waals surface area contributed by atoms with Crippen LogP contribution in [0, 0.1) is 5.92 Å². The first-order valence-electron chi connectivity index (χ1n) is 11.6. The number of nitrogens with zero attached hydrogens (tertiary/aromatic N) is 4. The lowest BCUT2D eigenvalue weighted by Crippen LogP contribution is -2.40. The predicted octanol–water partition coefficient (Wildman–Crippen LogP) is 4.32. The number of para-hydroxylation sites is 1. The Hall–Kier alpha value is -4.00. The second-order valence-electron chi connectivity index (χ2n) is 8.83. The number of benzene rings is 2. The number of piperidine rings is 1. The number of likely N-dealkylation sites (tertiary alicyclic amines) is 1. The minimum absolute atomic E-state index is 0.0544. The summed E-state index contributed by atoms with van der Waals surface area (Å²) < 4.78 is 1.58. The summed E-state index contributed by atoms with van der Waals surface area (Å²) in [5, 5.41) is 8.19. The van der Waals surface area contributed by atoms with Gasteiger partial charge in [-0.05, 0) is 61.1 Å². The molecule has 0 radical (unpaired) electrons. The van der Waals surface area contributed by atoms with Crippen molar-refractivity contribution in [3.05, 3.63) is 89.9 Å². The van der Waals surface area contributed by atoms with Crippen LogP contribution in [0.4, 0.5) is 5.69 Å². The van der Waals surface area contributed by atoms with Gasteiger partial charge in [-0.25, -0.2) is 0 Å². The molecule has 2 amide bonds. The third-order valence-corrected chi connectivity index (χ3v) is 6.40. The number of rotatable bonds is 5. The Morgan fingerprint density at radius 3 is 2.79 bits per heavy atom. The van der Waals surface area contributed by atoms with Crippen LogP contribution in [0.5, 0.6) is 0 Å². The molecule has 2 aromatic carbocycles. The summed E-state index contributed by atoms with van der Waals surface area (Å²) in [5.74, 6) is -0.0121. The number of amides is 2. The van der Waals surface area contributed by atoms with Gasteiger partial charge < -0.3 is 10.2 Å². The van der Waals surface area contributed by atoms with Crippen molar-refractivity contribution in [1.82, 2.24) is 19.7 Å². The molecule has 1 fully saturated rings. The fourth-order valence-electron chi connectivity index (χ4n) is 4.74. The molecule has 0 bridgehead atoms. The van der Waals surface area contributed by atoms with Crippen molar-refractivity contribution in [2.45, 2.75) is 19.3 Å². The lowest BCUT2D eigenvalue weighted by molar-refractivity contribution is 0.0674. The van der Waals surface area contributed by atoms with E-state index in [1.807, 2.05) is 35.4 Å². The molecule has 1 N–H and O–H groups in total. The maximum absolute atomic E-state index is 13.5. The number of aromatic nitrogens is 3. The highest BCUT2D eigenvalue weighted by molar-refractivity contribution is 6.08. The van der Waals surface area contributed by atoms with Gasteiger partial charge in [0.25, 0.3) is 11.8 Å². The summed E-state index contributed by atoms with van der Waals surface area (Å²) in [7, 11) is 1.76. The molecule has 3 heterocycles. The maximum Gasteiger partial charge on any atom is 0.276 e. The van der Waals surface area contributed by atoms with Gasteiger partial charge >= 0.3 is 0 Å². The predicted molar refractivity (Wildman–Crippen MR) is 132 cm³/mol. The molecular weight excluding hydrogens is 426 g/mol. The lowest BCUT2D eigenvalue weighted by Gasteiger charge is -2.33. The van der Waals surface area contributed by atoms with Crippen LogP contribution in [0.25, 0.3) is 10.9 Å². The molecule has 5 rings (SSSR count). The Kier molecular flexibility index (Phi) is 6.08. The average Bonchev–Trinajstić information content (AvgIpc) is 3.31. The molecule has 1 atom stereocenters. The van der Waals surface area contributed by atoms with Gasteiger partial charge in [0.15, 0.2) is 5.69 Å². The van der Waals surface area contributed by atoms with Gasteiger partial charge in [0.2, 0.25) is 0 Å². The first-order valence-corrected chi connectivity index (χ1v) is 11.6. The number of hydrogen-bond donors (Lipinski definition) is 1. The molecule has 34 heavy (non-hydrogen) atoms. The normalized spacial score (nSPS) is 15.9. The van der Waals surface area contributed by atoms with E-state index in [9.17, 15) is 9.59 Å². The molecule has 1 aliphatic heterocycles. The second-order valence-corrected chi connectivity index (χ2v) is 8.83. The highest BCUT2D eigenvalue weighted by atomic mass is 16.2. The number of fused-ring (bicyclic) bond motifs is 1. The first kappa shape index (κ1) is 21.8. The van der Waals surface area contributed by atoms with Crippen molar-refractivity contribution in [1.29, 1.82) is 0 Å². The molecule has 0 aliphatic carbocycles. The molecule has 0 unspecified atom stereocenters. The van der Waals surface area contributed by atoms with E-state index in [1.165, 1.54) is 10.9 Å². The van der Waals surface area contributed by atoms with Crippen LogP contribution in [-0.4, -0.2) is 44.6 Å². The van der Waals surface area contributed by atoms with Crippen molar-refractivity contribution in [2.24, 2.45) is 13.0 Å². The van der Waals surface area contributed by atoms with Crippen LogP contribution in [0.15, 0.2) is 73.1 Å². The van der Waals surface area contributed by atoms with Crippen LogP contribution in [0.3, 0.4) is 0 Å². The molecule has 1 saturated heterocycles. The summed E-state index contributed by atoms with van der Waals surface area (Å²) in [4.78, 5) is 32.5. The number of hydrogen-bond acceptors (Lipinski definition) is 4. The Morgan fingerprint density at radius 1 is 1.06 bits per heavy atom. The Bertz CT molecular complexity index is 1340. The minimum Gasteiger partial charge on any atom is -0.338 e. The molecular formula is C27H27N5O2. The lowest BCUT2D eigenvalue weighted by atomic mass is 9.89. The third kappa shape index (κ3) is 4.55. The summed E-state index contributed by atoms with van der Waals surface area (Å²) in [6.45, 7) is 1.41. The zero-order valence-corrected chi connectivity index (χ0v) is 19.1. The van der Waals surface area contributed by atoms with Gasteiger partial charge in [-0.2, -0.15) is 5.10 Å². The molecule has 0 saturated carbocycles. The van der Waals surface area contributed by atoms with E-state index in [-0.39, 0.29) is 11.8 Å². The molecule has 7 heteroatoms. The van der Waals surface area contributed by atoms with Gasteiger partial charge in [0, 0.05) is 37.9 Å². The number of carbonyl (C=O) groups is 2. The Labute approximate surface area is 198 Å². The monoisotopic (exact) mass is 453 g/mol. The zero-order chi connectivity index (χ0) is 23.5. The fraction of sp³-hybridized carbons (Fsp3) is 0.259. The van der Waals surface area contributed by atoms with Crippen molar-refractivity contribution in [3.63, 3.8) is 0 Å². The van der Waals surface area contributed by atoms with Crippen LogP contribution >= 0.6 is 0 Å². The van der Waals surface area contributed by atoms with E-state index >= 15 is 0 Å². The summed E-state index contributed by atoms with van der Waals surface area (Å²) >= 11 is 0. The minimum atomic E-state index is -0.332. The summed E-state index contributed by atoms with van der Waals surface area (Å²) in [6, 6.07) is 19.2. The van der Waals surface area contributed by atoms with Crippen molar-refractivity contribution >= 4 is 28.4 Å². The van der Waals surface area contributed by atoms with Gasteiger partial charge in [-0.15, -0.1) is 0 Å². The zero-order valence-electron chi connectivity index (χ0n) is 19.1. The van der Waals surface area contributed by atoms with E-state index in [1.54, 1.807) is 36.1 Å². The highest BCUT2D eigenvalue weighted by Gasteiger charge is 2.27. The van der Waals surface area contributed by atoms with Crippen LogP contribution in [0.1, 0.15) is 39.3 Å². The van der Waals surface area contributed by atoms with Gasteiger partial charge in [-0.1, -0.05) is 30.3 Å². The van der Waals surface area contributed by atoms with Gasteiger partial charge in [0.1, 0.15) is 0 Å². The van der Waals surface area contributed by atoms with E-state index in [0.717, 1.165) is 31.3 Å². The third-order valence-electron chi connectivity index (χ3n) is 6.40. The molecule has 7 nitrogen and oxygen atoms in total. The van der Waals surface area contributed by atoms with Gasteiger partial charge in [0.05, 0.1) is 16.8 Å². The standard InChI is InChI=1S/C27H27N5O2/c1-31-16-13-25(30-31)26(33)29-24-11-3-2-9-22(24)27(34)32-15-6-7-19(18-32)17-20-8-4-12-23-21(20)10-5-14-28-23/h2-5,8-14,16,19H,6-7,15,17-18H2,1H3,(H,29,33)/t19-/m1/s1. The number of anilines is 1. The molecule has 0 spiro atoms. The largest absolute Gasteiger partial charge is 0.338 e. The van der Waals surface area contributed by atoms with Crippen molar-refractivity contribution < 1.29 is 9.59 Å². The van der Waals surface area contributed by atoms with E-state index in [0.29, 0.717) is 29.4 Å². The number of carbonyl (C=O) groups excluding carboxylic acids is 2. The van der Waals surface area contributed by atoms with E-state index in [2.05, 4.69) is 33.6 Å². The highest BCUT2D eigenvalue weighted by Crippen LogP contribution is 2.27. The number of nitrogens with one attached hydrogen (secondary N) is 1. The molecule has 172 valence electrons. The van der Waals surface area contributed by atoms with Crippen molar-refractivity contribution in [2.75, 3.05) is 18.4 Å². The maximum atomic E-state index is 13.5. The molecule has 2 aromatic heterocycles. The average molecular weight is 454 g/mol.